The first kappa shape index (κ1) is 17.8. The van der Waals surface area contributed by atoms with Gasteiger partial charge in [-0.2, -0.15) is 4.98 Å². The molecule has 29 heavy (non-hydrogen) atoms. The topological polar surface area (TPSA) is 58.4 Å². The fourth-order valence-electron chi connectivity index (χ4n) is 7.42. The van der Waals surface area contributed by atoms with Gasteiger partial charge < -0.3 is 14.6 Å². The minimum absolute atomic E-state index is 0.261. The van der Waals surface area contributed by atoms with Crippen LogP contribution in [-0.2, 0) is 4.79 Å². The van der Waals surface area contributed by atoms with E-state index in [0.717, 1.165) is 54.7 Å². The number of amides is 1. The fraction of sp³-hybridized carbons (Fsp3) is 0.667. The molecule has 7 rings (SSSR count). The number of rotatable bonds is 5. The van der Waals surface area contributed by atoms with Crippen molar-refractivity contribution in [2.24, 2.45) is 23.2 Å². The lowest BCUT2D eigenvalue weighted by molar-refractivity contribution is -0.129. The van der Waals surface area contributed by atoms with Gasteiger partial charge in [0.25, 0.3) is 6.01 Å². The average molecular weight is 394 g/mol. The van der Waals surface area contributed by atoms with Gasteiger partial charge in [0.15, 0.2) is 5.58 Å². The van der Waals surface area contributed by atoms with Gasteiger partial charge in [-0.1, -0.05) is 12.1 Å². The van der Waals surface area contributed by atoms with Crippen molar-refractivity contribution in [2.75, 3.05) is 18.0 Å². The molecule has 1 unspecified atom stereocenters. The summed E-state index contributed by atoms with van der Waals surface area (Å²) in [6.07, 6.45) is 11.1. The highest BCUT2D eigenvalue weighted by Crippen LogP contribution is 2.61. The Morgan fingerprint density at radius 2 is 1.86 bits per heavy atom. The van der Waals surface area contributed by atoms with Crippen LogP contribution in [0.4, 0.5) is 6.01 Å². The van der Waals surface area contributed by atoms with E-state index in [1.165, 1.54) is 38.5 Å². The third kappa shape index (κ3) is 3.23. The van der Waals surface area contributed by atoms with E-state index in [0.29, 0.717) is 18.0 Å². The van der Waals surface area contributed by atoms with Gasteiger partial charge in [0.05, 0.1) is 6.04 Å². The molecule has 4 bridgehead atoms. The molecular weight excluding hydrogens is 362 g/mol. The van der Waals surface area contributed by atoms with Crippen molar-refractivity contribution < 1.29 is 9.21 Å². The standard InChI is InChI=1S/C24H31N3O2/c28-22(14-24-11-16-8-17(12-24)10-18(9-16)13-24)25-15-19-4-3-7-27(19)23-26-20-5-1-2-6-21(20)29-23/h1-2,5-6,16-19H,3-4,7-15H2,(H,25,28). The van der Waals surface area contributed by atoms with E-state index < -0.39 is 0 Å². The van der Waals surface area contributed by atoms with E-state index in [-0.39, 0.29) is 11.9 Å². The van der Waals surface area contributed by atoms with Crippen LogP contribution in [0.15, 0.2) is 28.7 Å². The molecule has 1 saturated heterocycles. The number of hydrogen-bond acceptors (Lipinski definition) is 4. The molecule has 2 heterocycles. The zero-order chi connectivity index (χ0) is 19.4. The molecule has 1 aromatic carbocycles. The van der Waals surface area contributed by atoms with Crippen molar-refractivity contribution in [3.8, 4) is 0 Å². The van der Waals surface area contributed by atoms with Gasteiger partial charge in [0.1, 0.15) is 5.52 Å². The summed E-state index contributed by atoms with van der Waals surface area (Å²) in [5.74, 6) is 2.96. The van der Waals surface area contributed by atoms with Crippen LogP contribution in [0.5, 0.6) is 0 Å². The summed E-state index contributed by atoms with van der Waals surface area (Å²) in [5.41, 5.74) is 2.05. The molecule has 5 heteroatoms. The van der Waals surface area contributed by atoms with E-state index in [1.54, 1.807) is 0 Å². The molecule has 5 fully saturated rings. The van der Waals surface area contributed by atoms with Crippen LogP contribution in [0.3, 0.4) is 0 Å². The first-order valence-corrected chi connectivity index (χ1v) is 11.5. The predicted octanol–water partition coefficient (Wildman–Crippen LogP) is 4.52. The summed E-state index contributed by atoms with van der Waals surface area (Å²) in [5, 5.41) is 3.28. The second-order valence-corrected chi connectivity index (χ2v) is 10.4. The normalized spacial score (nSPS) is 35.5. The summed E-state index contributed by atoms with van der Waals surface area (Å²) in [4.78, 5) is 19.8. The summed E-state index contributed by atoms with van der Waals surface area (Å²) in [7, 11) is 0. The number of aromatic nitrogens is 1. The van der Waals surface area contributed by atoms with Gasteiger partial charge in [0.2, 0.25) is 5.91 Å². The highest BCUT2D eigenvalue weighted by molar-refractivity contribution is 5.77. The first-order valence-electron chi connectivity index (χ1n) is 11.5. The van der Waals surface area contributed by atoms with Crippen molar-refractivity contribution in [1.82, 2.24) is 10.3 Å². The van der Waals surface area contributed by atoms with E-state index in [1.807, 2.05) is 24.3 Å². The second-order valence-electron chi connectivity index (χ2n) is 10.4. The molecule has 1 aromatic heterocycles. The lowest BCUT2D eigenvalue weighted by Crippen LogP contribution is -2.48. The maximum atomic E-state index is 12.9. The van der Waals surface area contributed by atoms with Crippen molar-refractivity contribution in [3.05, 3.63) is 24.3 Å². The Morgan fingerprint density at radius 3 is 2.59 bits per heavy atom. The van der Waals surface area contributed by atoms with Gasteiger partial charge in [-0.25, -0.2) is 0 Å². The van der Waals surface area contributed by atoms with Crippen molar-refractivity contribution in [2.45, 2.75) is 63.8 Å². The second kappa shape index (κ2) is 6.75. The van der Waals surface area contributed by atoms with Gasteiger partial charge in [-0.05, 0) is 86.7 Å². The summed E-state index contributed by atoms with van der Waals surface area (Å²) < 4.78 is 5.98. The molecular formula is C24H31N3O2. The molecule has 4 aliphatic carbocycles. The molecule has 1 atom stereocenters. The van der Waals surface area contributed by atoms with Crippen LogP contribution >= 0.6 is 0 Å². The van der Waals surface area contributed by atoms with Gasteiger partial charge >= 0.3 is 0 Å². The molecule has 2 aromatic rings. The minimum Gasteiger partial charge on any atom is -0.423 e. The largest absolute Gasteiger partial charge is 0.423 e. The van der Waals surface area contributed by atoms with E-state index in [4.69, 9.17) is 4.42 Å². The molecule has 0 spiro atoms. The van der Waals surface area contributed by atoms with Crippen LogP contribution in [-0.4, -0.2) is 30.0 Å². The number of nitrogens with one attached hydrogen (secondary N) is 1. The number of carbonyl (C=O) groups excluding carboxylic acids is 1. The highest BCUT2D eigenvalue weighted by Gasteiger charge is 2.51. The van der Waals surface area contributed by atoms with Gasteiger partial charge in [0, 0.05) is 19.5 Å². The average Bonchev–Trinajstić information content (AvgIpc) is 3.31. The number of oxazole rings is 1. The van der Waals surface area contributed by atoms with Crippen molar-refractivity contribution in [1.29, 1.82) is 0 Å². The van der Waals surface area contributed by atoms with Crippen LogP contribution in [0.25, 0.3) is 11.1 Å². The number of hydrogen-bond donors (Lipinski definition) is 1. The molecule has 5 nitrogen and oxygen atoms in total. The molecule has 4 saturated carbocycles. The predicted molar refractivity (Wildman–Crippen MR) is 113 cm³/mol. The zero-order valence-corrected chi connectivity index (χ0v) is 17.1. The van der Waals surface area contributed by atoms with Crippen molar-refractivity contribution in [3.63, 3.8) is 0 Å². The van der Waals surface area contributed by atoms with Crippen LogP contribution in [0, 0.1) is 23.2 Å². The number of fused-ring (bicyclic) bond motifs is 1. The Morgan fingerprint density at radius 1 is 1.14 bits per heavy atom. The van der Waals surface area contributed by atoms with Gasteiger partial charge in [-0.3, -0.25) is 4.79 Å². The summed E-state index contributed by atoms with van der Waals surface area (Å²) >= 11 is 0. The Hall–Kier alpha value is -2.04. The third-order valence-electron chi connectivity index (χ3n) is 8.14. The Bertz CT molecular complexity index is 851. The smallest absolute Gasteiger partial charge is 0.298 e. The molecule has 1 N–H and O–H groups in total. The SMILES string of the molecule is O=C(CC12CC3CC(CC(C3)C1)C2)NCC1CCCN1c1nc2ccccc2o1. The molecule has 1 amide bonds. The zero-order valence-electron chi connectivity index (χ0n) is 17.1. The maximum Gasteiger partial charge on any atom is 0.298 e. The van der Waals surface area contributed by atoms with Crippen molar-refractivity contribution >= 4 is 23.0 Å². The third-order valence-corrected chi connectivity index (χ3v) is 8.14. The van der Waals surface area contributed by atoms with E-state index in [2.05, 4.69) is 15.2 Å². The summed E-state index contributed by atoms with van der Waals surface area (Å²) in [6, 6.07) is 8.89. The number of nitrogens with zero attached hydrogens (tertiary/aromatic N) is 2. The maximum absolute atomic E-state index is 12.9. The fourth-order valence-corrected chi connectivity index (χ4v) is 7.42. The Kier molecular flexibility index (Phi) is 4.14. The summed E-state index contributed by atoms with van der Waals surface area (Å²) in [6.45, 7) is 1.65. The monoisotopic (exact) mass is 393 g/mol. The quantitative estimate of drug-likeness (QED) is 0.811. The van der Waals surface area contributed by atoms with E-state index >= 15 is 0 Å². The molecule has 0 radical (unpaired) electrons. The molecule has 154 valence electrons. The molecule has 5 aliphatic rings. The number of anilines is 1. The van der Waals surface area contributed by atoms with Crippen LogP contribution in [0.2, 0.25) is 0 Å². The number of benzene rings is 1. The van der Waals surface area contributed by atoms with Crippen LogP contribution in [0.1, 0.15) is 57.8 Å². The Balaban J connectivity index is 1.09. The van der Waals surface area contributed by atoms with Gasteiger partial charge in [-0.15, -0.1) is 0 Å². The minimum atomic E-state index is 0.261. The molecule has 1 aliphatic heterocycles. The lowest BCUT2D eigenvalue weighted by atomic mass is 9.49. The first-order chi connectivity index (χ1) is 14.2. The van der Waals surface area contributed by atoms with E-state index in [9.17, 15) is 4.79 Å². The lowest BCUT2D eigenvalue weighted by Gasteiger charge is -2.56. The number of carbonyl (C=O) groups is 1. The number of para-hydroxylation sites is 2. The highest BCUT2D eigenvalue weighted by atomic mass is 16.4. The van der Waals surface area contributed by atoms with Crippen LogP contribution < -0.4 is 10.2 Å². The Labute approximate surface area is 172 Å².